The molecule has 0 fully saturated rings. The largest absolute Gasteiger partial charge is 0.322 e. The lowest BCUT2D eigenvalue weighted by Crippen LogP contribution is -3.10. The molecule has 2 atom stereocenters. The number of fused-ring (bicyclic) bond motifs is 1. The van der Waals surface area contributed by atoms with E-state index in [0.29, 0.717) is 6.54 Å². The Balaban J connectivity index is 1.66. The zero-order valence-corrected chi connectivity index (χ0v) is 15.7. The molecule has 2 N–H and O–H groups in total. The van der Waals surface area contributed by atoms with Crippen LogP contribution in [0.2, 0.25) is 0 Å². The Morgan fingerprint density at radius 2 is 1.92 bits per heavy atom. The third kappa shape index (κ3) is 4.06. The summed E-state index contributed by atoms with van der Waals surface area (Å²) in [6.45, 7) is 4.63. The van der Waals surface area contributed by atoms with Gasteiger partial charge >= 0.3 is 0 Å². The van der Waals surface area contributed by atoms with Crippen molar-refractivity contribution in [2.45, 2.75) is 26.3 Å². The van der Waals surface area contributed by atoms with Gasteiger partial charge in [-0.1, -0.05) is 37.3 Å². The highest BCUT2D eigenvalue weighted by molar-refractivity contribution is 7.18. The van der Waals surface area contributed by atoms with Crippen molar-refractivity contribution in [3.63, 3.8) is 0 Å². The molecule has 2 aromatic carbocycles. The van der Waals surface area contributed by atoms with Crippen LogP contribution in [0.15, 0.2) is 48.5 Å². The van der Waals surface area contributed by atoms with Crippen molar-refractivity contribution < 1.29 is 9.69 Å². The molecule has 0 aliphatic rings. The van der Waals surface area contributed by atoms with E-state index in [-0.39, 0.29) is 11.9 Å². The lowest BCUT2D eigenvalue weighted by molar-refractivity contribution is -0.902. The summed E-state index contributed by atoms with van der Waals surface area (Å²) in [4.78, 5) is 18.3. The molecule has 0 aliphatic carbocycles. The van der Waals surface area contributed by atoms with Gasteiger partial charge in [0.1, 0.15) is 6.04 Å². The third-order valence-corrected chi connectivity index (χ3v) is 5.75. The van der Waals surface area contributed by atoms with Gasteiger partial charge in [-0.2, -0.15) is 0 Å². The van der Waals surface area contributed by atoms with Gasteiger partial charge in [0.15, 0.2) is 11.6 Å². The van der Waals surface area contributed by atoms with E-state index in [1.807, 2.05) is 43.4 Å². The van der Waals surface area contributed by atoms with Crippen molar-refractivity contribution in [3.8, 4) is 0 Å². The summed E-state index contributed by atoms with van der Waals surface area (Å²) in [5.41, 5.74) is 3.10. The number of carbonyl (C=O) groups excluding carboxylic acids is 1. The predicted molar refractivity (Wildman–Crippen MR) is 104 cm³/mol. The van der Waals surface area contributed by atoms with Gasteiger partial charge in [0.2, 0.25) is 0 Å². The van der Waals surface area contributed by atoms with E-state index in [1.165, 1.54) is 4.70 Å². The summed E-state index contributed by atoms with van der Waals surface area (Å²) >= 11 is 1.71. The number of hydrogen-bond donors (Lipinski definition) is 2. The van der Waals surface area contributed by atoms with Crippen LogP contribution in [0.1, 0.15) is 30.5 Å². The molecule has 0 saturated heterocycles. The van der Waals surface area contributed by atoms with Gasteiger partial charge in [-0.05, 0) is 37.1 Å². The molecule has 4 nitrogen and oxygen atoms in total. The van der Waals surface area contributed by atoms with Crippen LogP contribution in [0.3, 0.4) is 0 Å². The number of carbonyl (C=O) groups is 1. The van der Waals surface area contributed by atoms with E-state index in [2.05, 4.69) is 31.3 Å². The van der Waals surface area contributed by atoms with Gasteiger partial charge in [-0.15, -0.1) is 11.3 Å². The second kappa shape index (κ2) is 7.76. The lowest BCUT2D eigenvalue weighted by atomic mass is 10.1. The normalized spacial score (nSPS) is 13.6. The van der Waals surface area contributed by atoms with Crippen LogP contribution in [-0.2, 0) is 11.2 Å². The number of aryl methyl sites for hydroxylation is 1. The van der Waals surface area contributed by atoms with E-state index in [9.17, 15) is 4.79 Å². The predicted octanol–water partition coefficient (Wildman–Crippen LogP) is 3.07. The number of nitrogens with zero attached hydrogens (tertiary/aromatic N) is 1. The fraction of sp³-hybridized carbons (Fsp3) is 0.300. The molecule has 0 saturated carbocycles. The van der Waals surface area contributed by atoms with Crippen LogP contribution in [0.5, 0.6) is 0 Å². The fourth-order valence-electron chi connectivity index (χ4n) is 2.84. The molecule has 1 aromatic heterocycles. The number of benzene rings is 2. The number of anilines is 1. The summed E-state index contributed by atoms with van der Waals surface area (Å²) < 4.78 is 1.19. The van der Waals surface area contributed by atoms with Crippen LogP contribution in [-0.4, -0.2) is 24.5 Å². The third-order valence-electron chi connectivity index (χ3n) is 4.53. The molecule has 0 aliphatic heterocycles. The maximum absolute atomic E-state index is 12.4. The highest BCUT2D eigenvalue weighted by atomic mass is 32.1. The molecule has 3 rings (SSSR count). The molecule has 130 valence electrons. The number of amides is 1. The quantitative estimate of drug-likeness (QED) is 0.715. The van der Waals surface area contributed by atoms with Crippen LogP contribution < -0.4 is 10.2 Å². The Bertz CT molecular complexity index is 841. The van der Waals surface area contributed by atoms with Crippen LogP contribution in [0.4, 0.5) is 5.69 Å². The number of hydrogen-bond acceptors (Lipinski definition) is 3. The number of quaternary nitrogens is 1. The number of rotatable bonds is 6. The van der Waals surface area contributed by atoms with Crippen molar-refractivity contribution in [2.24, 2.45) is 0 Å². The maximum Gasteiger partial charge on any atom is 0.279 e. The molecular formula is C20H24N3OS+. The minimum atomic E-state index is 0.0337. The molecular weight excluding hydrogens is 330 g/mol. The number of aromatic nitrogens is 1. The van der Waals surface area contributed by atoms with Crippen LogP contribution in [0.25, 0.3) is 10.2 Å². The zero-order chi connectivity index (χ0) is 17.8. The number of para-hydroxylation sites is 2. The summed E-state index contributed by atoms with van der Waals surface area (Å²) in [6, 6.07) is 16.3. The average molecular weight is 354 g/mol. The molecule has 25 heavy (non-hydrogen) atoms. The monoisotopic (exact) mass is 354 g/mol. The molecule has 0 radical (unpaired) electrons. The van der Waals surface area contributed by atoms with E-state index in [4.69, 9.17) is 4.98 Å². The Morgan fingerprint density at radius 1 is 1.20 bits per heavy atom. The van der Waals surface area contributed by atoms with Gasteiger partial charge in [-0.3, -0.25) is 4.79 Å². The number of nitrogens with one attached hydrogen (secondary N) is 2. The zero-order valence-electron chi connectivity index (χ0n) is 14.9. The smallest absolute Gasteiger partial charge is 0.279 e. The summed E-state index contributed by atoms with van der Waals surface area (Å²) in [5.74, 6) is 0.0337. The average Bonchev–Trinajstić information content (AvgIpc) is 3.05. The van der Waals surface area contributed by atoms with Gasteiger partial charge in [0.25, 0.3) is 5.91 Å². The molecule has 1 heterocycles. The Morgan fingerprint density at radius 3 is 2.68 bits per heavy atom. The summed E-state index contributed by atoms with van der Waals surface area (Å²) in [6.07, 6.45) is 0.904. The molecule has 0 spiro atoms. The van der Waals surface area contributed by atoms with Gasteiger partial charge < -0.3 is 10.2 Å². The van der Waals surface area contributed by atoms with Crippen LogP contribution >= 0.6 is 11.3 Å². The molecule has 0 bridgehead atoms. The number of likely N-dealkylation sites (N-methyl/N-ethyl adjacent to an activating group) is 1. The first-order valence-corrected chi connectivity index (χ1v) is 9.45. The number of thiazole rings is 1. The first-order chi connectivity index (χ1) is 12.1. The van der Waals surface area contributed by atoms with Crippen LogP contribution in [0, 0.1) is 0 Å². The van der Waals surface area contributed by atoms with Gasteiger partial charge in [0.05, 0.1) is 17.3 Å². The summed E-state index contributed by atoms with van der Waals surface area (Å²) in [5, 5.41) is 4.12. The molecule has 5 heteroatoms. The van der Waals surface area contributed by atoms with Crippen molar-refractivity contribution in [1.29, 1.82) is 0 Å². The highest BCUT2D eigenvalue weighted by Gasteiger charge is 2.22. The van der Waals surface area contributed by atoms with Gasteiger partial charge in [0, 0.05) is 5.69 Å². The van der Waals surface area contributed by atoms with Crippen molar-refractivity contribution in [1.82, 2.24) is 4.98 Å². The SMILES string of the molecule is CCc1ccccc1NC(=O)C[NH+](C)[C@@H](C)c1nc2ccccc2s1. The van der Waals surface area contributed by atoms with Crippen molar-refractivity contribution >= 4 is 33.1 Å². The first kappa shape index (κ1) is 17.6. The molecule has 3 aromatic rings. The summed E-state index contributed by atoms with van der Waals surface area (Å²) in [7, 11) is 2.04. The Labute approximate surface area is 152 Å². The second-order valence-corrected chi connectivity index (χ2v) is 7.39. The van der Waals surface area contributed by atoms with E-state index in [0.717, 1.165) is 33.1 Å². The first-order valence-electron chi connectivity index (χ1n) is 8.64. The standard InChI is InChI=1S/C20H23N3OS/c1-4-15-9-5-6-10-16(15)21-19(24)13-23(3)14(2)20-22-17-11-7-8-12-18(17)25-20/h5-12,14H,4,13H2,1-3H3,(H,21,24)/p+1/t14-/m0/s1. The van der Waals surface area contributed by atoms with Gasteiger partial charge in [-0.25, -0.2) is 4.98 Å². The minimum absolute atomic E-state index is 0.0337. The van der Waals surface area contributed by atoms with E-state index in [1.54, 1.807) is 11.3 Å². The maximum atomic E-state index is 12.4. The highest BCUT2D eigenvalue weighted by Crippen LogP contribution is 2.24. The molecule has 1 amide bonds. The lowest BCUT2D eigenvalue weighted by Gasteiger charge is -2.19. The topological polar surface area (TPSA) is 46.4 Å². The van der Waals surface area contributed by atoms with Crippen molar-refractivity contribution in [2.75, 3.05) is 18.9 Å². The Kier molecular flexibility index (Phi) is 5.46. The van der Waals surface area contributed by atoms with Crippen molar-refractivity contribution in [3.05, 3.63) is 59.1 Å². The Hall–Kier alpha value is -2.24. The fourth-order valence-corrected chi connectivity index (χ4v) is 3.95. The second-order valence-electron chi connectivity index (χ2n) is 6.32. The van der Waals surface area contributed by atoms with E-state index < -0.39 is 0 Å². The van der Waals surface area contributed by atoms with E-state index >= 15 is 0 Å². The minimum Gasteiger partial charge on any atom is -0.322 e. The molecule has 1 unspecified atom stereocenters.